The van der Waals surface area contributed by atoms with Crippen LogP contribution in [0.25, 0.3) is 0 Å². The van der Waals surface area contributed by atoms with E-state index >= 15 is 0 Å². The Kier molecular flexibility index (Phi) is 2.09. The van der Waals surface area contributed by atoms with Gasteiger partial charge in [-0.15, -0.1) is 11.8 Å². The molecule has 74 valence electrons. The fraction of sp³-hybridized carbons (Fsp3) is 0.538. The summed E-state index contributed by atoms with van der Waals surface area (Å²) in [6.07, 6.45) is 7.14. The van der Waals surface area contributed by atoms with Gasteiger partial charge in [0.2, 0.25) is 0 Å². The molecular formula is C13H16S. The Morgan fingerprint density at radius 3 is 2.64 bits per heavy atom. The van der Waals surface area contributed by atoms with Crippen molar-refractivity contribution in [1.82, 2.24) is 0 Å². The lowest BCUT2D eigenvalue weighted by Crippen LogP contribution is -2.22. The van der Waals surface area contributed by atoms with E-state index in [4.69, 9.17) is 0 Å². The van der Waals surface area contributed by atoms with E-state index in [0.29, 0.717) is 4.75 Å². The second-order valence-corrected chi connectivity index (χ2v) is 5.86. The van der Waals surface area contributed by atoms with Gasteiger partial charge in [0.1, 0.15) is 0 Å². The number of hydrogen-bond acceptors (Lipinski definition) is 1. The molecule has 0 unspecified atom stereocenters. The van der Waals surface area contributed by atoms with E-state index in [-0.39, 0.29) is 0 Å². The van der Waals surface area contributed by atoms with Gasteiger partial charge in [-0.3, -0.25) is 0 Å². The van der Waals surface area contributed by atoms with E-state index in [1.807, 2.05) is 0 Å². The molecule has 1 aromatic rings. The van der Waals surface area contributed by atoms with E-state index in [2.05, 4.69) is 36.0 Å². The predicted octanol–water partition coefficient (Wildman–Crippen LogP) is 4.09. The lowest BCUT2D eigenvalue weighted by molar-refractivity contribution is 0.410. The van der Waals surface area contributed by atoms with E-state index in [0.717, 1.165) is 0 Å². The lowest BCUT2D eigenvalue weighted by Gasteiger charge is -2.33. The first-order valence-electron chi connectivity index (χ1n) is 5.63. The Labute approximate surface area is 90.1 Å². The van der Waals surface area contributed by atoms with Crippen LogP contribution in [0, 0.1) is 0 Å². The van der Waals surface area contributed by atoms with Crippen LogP contribution in [0.15, 0.2) is 24.3 Å². The second-order valence-electron chi connectivity index (χ2n) is 4.50. The third-order valence-electron chi connectivity index (χ3n) is 3.67. The minimum absolute atomic E-state index is 0.523. The normalized spacial score (nSPS) is 23.7. The molecule has 1 heterocycles. The van der Waals surface area contributed by atoms with E-state index in [1.54, 1.807) is 11.1 Å². The van der Waals surface area contributed by atoms with Gasteiger partial charge in [0.25, 0.3) is 0 Å². The molecule has 0 nitrogen and oxygen atoms in total. The van der Waals surface area contributed by atoms with Gasteiger partial charge in [-0.1, -0.05) is 43.5 Å². The van der Waals surface area contributed by atoms with Crippen LogP contribution in [0.5, 0.6) is 0 Å². The zero-order valence-corrected chi connectivity index (χ0v) is 9.28. The van der Waals surface area contributed by atoms with Crippen molar-refractivity contribution in [2.45, 2.75) is 42.6 Å². The molecule has 1 heteroatoms. The monoisotopic (exact) mass is 204 g/mol. The third kappa shape index (κ3) is 1.22. The number of thioether (sulfide) groups is 1. The van der Waals surface area contributed by atoms with Crippen LogP contribution >= 0.6 is 11.8 Å². The molecule has 0 radical (unpaired) electrons. The van der Waals surface area contributed by atoms with Gasteiger partial charge in [-0.25, -0.2) is 0 Å². The van der Waals surface area contributed by atoms with Crippen molar-refractivity contribution in [3.05, 3.63) is 35.4 Å². The lowest BCUT2D eigenvalue weighted by atomic mass is 9.82. The summed E-state index contributed by atoms with van der Waals surface area (Å²) < 4.78 is 0.523. The van der Waals surface area contributed by atoms with E-state index in [1.165, 1.54) is 37.9 Å². The minimum atomic E-state index is 0.523. The molecule has 14 heavy (non-hydrogen) atoms. The molecule has 1 aromatic carbocycles. The maximum absolute atomic E-state index is 2.36. The summed E-state index contributed by atoms with van der Waals surface area (Å²) in [4.78, 5) is 0. The van der Waals surface area contributed by atoms with Gasteiger partial charge in [0.15, 0.2) is 0 Å². The quantitative estimate of drug-likeness (QED) is 0.613. The first-order valence-corrected chi connectivity index (χ1v) is 6.62. The molecule has 1 saturated carbocycles. The van der Waals surface area contributed by atoms with Crippen molar-refractivity contribution in [3.8, 4) is 0 Å². The van der Waals surface area contributed by atoms with Gasteiger partial charge in [-0.2, -0.15) is 0 Å². The zero-order chi connectivity index (χ0) is 9.43. The summed E-state index contributed by atoms with van der Waals surface area (Å²) in [7, 11) is 0. The summed E-state index contributed by atoms with van der Waals surface area (Å²) in [6.45, 7) is 0. The molecule has 1 aliphatic carbocycles. The molecule has 0 aromatic heterocycles. The zero-order valence-electron chi connectivity index (χ0n) is 8.46. The average Bonchev–Trinajstić information content (AvgIpc) is 2.60. The summed E-state index contributed by atoms with van der Waals surface area (Å²) in [6, 6.07) is 9.06. The highest BCUT2D eigenvalue weighted by molar-refractivity contribution is 7.99. The van der Waals surface area contributed by atoms with Crippen LogP contribution in [0.2, 0.25) is 0 Å². The molecule has 0 amide bonds. The molecule has 3 rings (SSSR count). The Hall–Kier alpha value is -0.430. The largest absolute Gasteiger partial charge is 0.146 e. The predicted molar refractivity (Wildman–Crippen MR) is 62.5 cm³/mol. The second kappa shape index (κ2) is 3.30. The molecular weight excluding hydrogens is 188 g/mol. The molecule has 0 atom stereocenters. The first-order chi connectivity index (χ1) is 6.91. The van der Waals surface area contributed by atoms with Crippen LogP contribution in [-0.2, 0) is 10.5 Å². The molecule has 1 fully saturated rings. The number of hydrogen-bond donors (Lipinski definition) is 0. The SMILES string of the molecule is c1ccc2c(c1)CSC21CCCCC1. The minimum Gasteiger partial charge on any atom is -0.146 e. The Morgan fingerprint density at radius 2 is 1.79 bits per heavy atom. The number of benzene rings is 1. The van der Waals surface area contributed by atoms with Gasteiger partial charge in [-0.05, 0) is 24.0 Å². The molecule has 1 aliphatic heterocycles. The fourth-order valence-corrected chi connectivity index (χ4v) is 4.54. The maximum atomic E-state index is 2.36. The van der Waals surface area contributed by atoms with Crippen LogP contribution in [0.3, 0.4) is 0 Å². The molecule has 0 saturated heterocycles. The Morgan fingerprint density at radius 1 is 1.00 bits per heavy atom. The van der Waals surface area contributed by atoms with E-state index < -0.39 is 0 Å². The first kappa shape index (κ1) is 8.84. The smallest absolute Gasteiger partial charge is 0.0414 e. The number of fused-ring (bicyclic) bond motifs is 2. The summed E-state index contributed by atoms with van der Waals surface area (Å²) in [5, 5.41) is 0. The van der Waals surface area contributed by atoms with Crippen molar-refractivity contribution in [3.63, 3.8) is 0 Å². The summed E-state index contributed by atoms with van der Waals surface area (Å²) in [5.74, 6) is 1.25. The topological polar surface area (TPSA) is 0 Å². The van der Waals surface area contributed by atoms with Crippen LogP contribution in [-0.4, -0.2) is 0 Å². The van der Waals surface area contributed by atoms with Gasteiger partial charge in [0, 0.05) is 10.5 Å². The summed E-state index contributed by atoms with van der Waals surface area (Å²) >= 11 is 2.19. The fourth-order valence-electron chi connectivity index (χ4n) is 2.92. The van der Waals surface area contributed by atoms with Crippen LogP contribution in [0.4, 0.5) is 0 Å². The van der Waals surface area contributed by atoms with Crippen molar-refractivity contribution >= 4 is 11.8 Å². The highest BCUT2D eigenvalue weighted by Gasteiger charge is 2.39. The molecule has 2 aliphatic rings. The van der Waals surface area contributed by atoms with Crippen molar-refractivity contribution in [2.24, 2.45) is 0 Å². The van der Waals surface area contributed by atoms with Gasteiger partial charge < -0.3 is 0 Å². The molecule has 0 bridgehead atoms. The third-order valence-corrected chi connectivity index (χ3v) is 5.31. The van der Waals surface area contributed by atoms with E-state index in [9.17, 15) is 0 Å². The molecule has 0 N–H and O–H groups in total. The maximum Gasteiger partial charge on any atom is 0.0414 e. The van der Waals surface area contributed by atoms with Gasteiger partial charge in [0.05, 0.1) is 0 Å². The average molecular weight is 204 g/mol. The molecule has 1 spiro atoms. The van der Waals surface area contributed by atoms with Crippen molar-refractivity contribution in [1.29, 1.82) is 0 Å². The highest BCUT2D eigenvalue weighted by Crippen LogP contribution is 2.54. The van der Waals surface area contributed by atoms with Gasteiger partial charge >= 0.3 is 0 Å². The Balaban J connectivity index is 2.03. The highest BCUT2D eigenvalue weighted by atomic mass is 32.2. The Bertz CT molecular complexity index is 331. The van der Waals surface area contributed by atoms with Crippen molar-refractivity contribution < 1.29 is 0 Å². The summed E-state index contributed by atoms with van der Waals surface area (Å²) in [5.41, 5.74) is 3.25. The van der Waals surface area contributed by atoms with Crippen LogP contribution in [0.1, 0.15) is 43.2 Å². The van der Waals surface area contributed by atoms with Crippen molar-refractivity contribution in [2.75, 3.05) is 0 Å². The standard InChI is InChI=1S/C13H16S/c1-4-8-13(9-5-1)12-7-3-2-6-11(12)10-14-13/h2-3,6-7H,1,4-5,8-10H2. The van der Waals surface area contributed by atoms with Crippen LogP contribution < -0.4 is 0 Å². The number of rotatable bonds is 0.